The molecule has 0 unspecified atom stereocenters. The Kier molecular flexibility index (Phi) is 9.38. The molecule has 4 nitrogen and oxygen atoms in total. The zero-order valence-electron chi connectivity index (χ0n) is 10.7. The smallest absolute Gasteiger partial charge is 0.0701 e. The van der Waals surface area contributed by atoms with Crippen molar-refractivity contribution in [1.82, 2.24) is 0 Å². The second-order valence-electron chi connectivity index (χ2n) is 3.80. The van der Waals surface area contributed by atoms with E-state index in [1.54, 1.807) is 0 Å². The summed E-state index contributed by atoms with van der Waals surface area (Å²) in [5.41, 5.74) is 1.29. The number of rotatable bonds is 11. The van der Waals surface area contributed by atoms with E-state index in [1.165, 1.54) is 5.56 Å². The maximum atomic E-state index is 8.47. The molecule has 0 aromatic heterocycles. The van der Waals surface area contributed by atoms with E-state index in [2.05, 4.69) is 12.1 Å². The van der Waals surface area contributed by atoms with Gasteiger partial charge in [-0.25, -0.2) is 0 Å². The summed E-state index contributed by atoms with van der Waals surface area (Å²) in [5, 5.41) is 8.47. The van der Waals surface area contributed by atoms with E-state index in [0.717, 1.165) is 6.42 Å². The Bertz CT molecular complexity index is 276. The van der Waals surface area contributed by atoms with Crippen LogP contribution in [0.3, 0.4) is 0 Å². The molecule has 0 bridgehead atoms. The lowest BCUT2D eigenvalue weighted by atomic mass is 10.2. The van der Waals surface area contributed by atoms with Crippen molar-refractivity contribution >= 4 is 0 Å². The first kappa shape index (κ1) is 15.1. The van der Waals surface area contributed by atoms with Gasteiger partial charge >= 0.3 is 0 Å². The molecule has 102 valence electrons. The number of aliphatic hydroxyl groups excluding tert-OH is 1. The molecule has 0 aliphatic carbocycles. The van der Waals surface area contributed by atoms with Crippen LogP contribution in [-0.2, 0) is 20.6 Å². The highest BCUT2D eigenvalue weighted by Crippen LogP contribution is 1.99. The Morgan fingerprint density at radius 3 is 1.89 bits per heavy atom. The third-order valence-electron chi connectivity index (χ3n) is 2.36. The SMILES string of the molecule is OCCOCCOCCOCCc1ccccc1. The molecule has 0 aliphatic rings. The monoisotopic (exact) mass is 254 g/mol. The van der Waals surface area contributed by atoms with Crippen LogP contribution < -0.4 is 0 Å². The highest BCUT2D eigenvalue weighted by atomic mass is 16.5. The van der Waals surface area contributed by atoms with Crippen LogP contribution in [0.5, 0.6) is 0 Å². The number of benzene rings is 1. The average Bonchev–Trinajstić information content (AvgIpc) is 2.42. The number of hydrogen-bond donors (Lipinski definition) is 1. The lowest BCUT2D eigenvalue weighted by Crippen LogP contribution is -2.11. The molecule has 0 amide bonds. The topological polar surface area (TPSA) is 47.9 Å². The highest BCUT2D eigenvalue weighted by Gasteiger charge is 1.93. The van der Waals surface area contributed by atoms with Gasteiger partial charge in [-0.15, -0.1) is 0 Å². The first-order valence-electron chi connectivity index (χ1n) is 6.31. The molecule has 0 fully saturated rings. The van der Waals surface area contributed by atoms with E-state index in [0.29, 0.717) is 39.6 Å². The van der Waals surface area contributed by atoms with Gasteiger partial charge in [0.25, 0.3) is 0 Å². The molecule has 18 heavy (non-hydrogen) atoms. The first-order chi connectivity index (χ1) is 8.93. The van der Waals surface area contributed by atoms with Gasteiger partial charge in [-0.2, -0.15) is 0 Å². The van der Waals surface area contributed by atoms with Gasteiger partial charge in [-0.1, -0.05) is 30.3 Å². The van der Waals surface area contributed by atoms with E-state index >= 15 is 0 Å². The number of ether oxygens (including phenoxy) is 3. The number of aliphatic hydroxyl groups is 1. The summed E-state index contributed by atoms with van der Waals surface area (Å²) in [6.45, 7) is 3.39. The second-order valence-corrected chi connectivity index (χ2v) is 3.80. The summed E-state index contributed by atoms with van der Waals surface area (Å²) in [6.07, 6.45) is 0.931. The fourth-order valence-corrected chi connectivity index (χ4v) is 1.44. The summed E-state index contributed by atoms with van der Waals surface area (Å²) in [6, 6.07) is 10.3. The van der Waals surface area contributed by atoms with E-state index < -0.39 is 0 Å². The molecule has 0 saturated carbocycles. The normalized spacial score (nSPS) is 10.7. The van der Waals surface area contributed by atoms with Gasteiger partial charge in [0, 0.05) is 0 Å². The van der Waals surface area contributed by atoms with Gasteiger partial charge < -0.3 is 19.3 Å². The van der Waals surface area contributed by atoms with Gasteiger partial charge in [-0.3, -0.25) is 0 Å². The van der Waals surface area contributed by atoms with Crippen molar-refractivity contribution in [3.8, 4) is 0 Å². The Morgan fingerprint density at radius 2 is 1.28 bits per heavy atom. The van der Waals surface area contributed by atoms with Crippen molar-refractivity contribution in [1.29, 1.82) is 0 Å². The second kappa shape index (κ2) is 11.2. The largest absolute Gasteiger partial charge is 0.394 e. The molecule has 1 N–H and O–H groups in total. The molecule has 4 heteroatoms. The van der Waals surface area contributed by atoms with Gasteiger partial charge in [0.15, 0.2) is 0 Å². The quantitative estimate of drug-likeness (QED) is 0.604. The first-order valence-corrected chi connectivity index (χ1v) is 6.31. The van der Waals surface area contributed by atoms with Crippen LogP contribution in [0.15, 0.2) is 30.3 Å². The van der Waals surface area contributed by atoms with Crippen LogP contribution in [0.25, 0.3) is 0 Å². The Hall–Kier alpha value is -0.940. The van der Waals surface area contributed by atoms with Crippen molar-refractivity contribution in [2.45, 2.75) is 6.42 Å². The molecule has 1 rings (SSSR count). The summed E-state index contributed by atoms with van der Waals surface area (Å²) >= 11 is 0. The molecular weight excluding hydrogens is 232 g/mol. The molecule has 0 radical (unpaired) electrons. The Balaban J connectivity index is 1.82. The predicted molar refractivity (Wildman–Crippen MR) is 69.7 cm³/mol. The zero-order valence-corrected chi connectivity index (χ0v) is 10.7. The highest BCUT2D eigenvalue weighted by molar-refractivity contribution is 5.14. The summed E-state index contributed by atoms with van der Waals surface area (Å²) in [7, 11) is 0. The van der Waals surface area contributed by atoms with Crippen molar-refractivity contribution in [2.75, 3.05) is 46.2 Å². The fourth-order valence-electron chi connectivity index (χ4n) is 1.44. The predicted octanol–water partition coefficient (Wildman–Crippen LogP) is 1.27. The van der Waals surface area contributed by atoms with Gasteiger partial charge in [0.05, 0.1) is 46.2 Å². The summed E-state index contributed by atoms with van der Waals surface area (Å²) < 4.78 is 15.8. The van der Waals surface area contributed by atoms with E-state index in [1.807, 2.05) is 18.2 Å². The van der Waals surface area contributed by atoms with Crippen molar-refractivity contribution < 1.29 is 19.3 Å². The summed E-state index contributed by atoms with van der Waals surface area (Å²) in [4.78, 5) is 0. The molecule has 0 spiro atoms. The van der Waals surface area contributed by atoms with Crippen molar-refractivity contribution in [3.63, 3.8) is 0 Å². The van der Waals surface area contributed by atoms with Gasteiger partial charge in [0.2, 0.25) is 0 Å². The fraction of sp³-hybridized carbons (Fsp3) is 0.571. The number of hydrogen-bond acceptors (Lipinski definition) is 4. The average molecular weight is 254 g/mol. The van der Waals surface area contributed by atoms with Crippen LogP contribution in [0, 0.1) is 0 Å². The van der Waals surface area contributed by atoms with Crippen LogP contribution in [0.1, 0.15) is 5.56 Å². The standard InChI is InChI=1S/C14H22O4/c15-7-9-17-11-13-18-12-10-16-8-6-14-4-2-1-3-5-14/h1-5,15H,6-13H2. The molecule has 0 saturated heterocycles. The molecule has 0 atom stereocenters. The van der Waals surface area contributed by atoms with E-state index in [4.69, 9.17) is 19.3 Å². The molecule has 1 aromatic rings. The molecule has 0 aliphatic heterocycles. The third kappa shape index (κ3) is 8.20. The maximum absolute atomic E-state index is 8.47. The molecule has 1 aromatic carbocycles. The Morgan fingerprint density at radius 1 is 0.722 bits per heavy atom. The minimum Gasteiger partial charge on any atom is -0.394 e. The van der Waals surface area contributed by atoms with Crippen LogP contribution >= 0.6 is 0 Å². The van der Waals surface area contributed by atoms with Crippen LogP contribution in [0.4, 0.5) is 0 Å². The van der Waals surface area contributed by atoms with Gasteiger partial charge in [0.1, 0.15) is 0 Å². The minimum atomic E-state index is 0.0581. The van der Waals surface area contributed by atoms with Gasteiger partial charge in [-0.05, 0) is 12.0 Å². The zero-order chi connectivity index (χ0) is 12.9. The third-order valence-corrected chi connectivity index (χ3v) is 2.36. The molecular formula is C14H22O4. The maximum Gasteiger partial charge on any atom is 0.0701 e. The lowest BCUT2D eigenvalue weighted by Gasteiger charge is -2.06. The summed E-state index contributed by atoms with van der Waals surface area (Å²) in [5.74, 6) is 0. The minimum absolute atomic E-state index is 0.0581. The van der Waals surface area contributed by atoms with E-state index in [-0.39, 0.29) is 6.61 Å². The van der Waals surface area contributed by atoms with E-state index in [9.17, 15) is 0 Å². The molecule has 0 heterocycles. The van der Waals surface area contributed by atoms with Crippen molar-refractivity contribution in [2.24, 2.45) is 0 Å². The Labute approximate surface area is 108 Å². The van der Waals surface area contributed by atoms with Crippen molar-refractivity contribution in [3.05, 3.63) is 35.9 Å². The lowest BCUT2D eigenvalue weighted by molar-refractivity contribution is 0.00817. The van der Waals surface area contributed by atoms with Crippen LogP contribution in [0.2, 0.25) is 0 Å². The van der Waals surface area contributed by atoms with Crippen LogP contribution in [-0.4, -0.2) is 51.4 Å².